The lowest BCUT2D eigenvalue weighted by Gasteiger charge is -2.26. The molecule has 0 unspecified atom stereocenters. The van der Waals surface area contributed by atoms with E-state index in [1.807, 2.05) is 29.0 Å². The van der Waals surface area contributed by atoms with Gasteiger partial charge in [0.25, 0.3) is 0 Å². The maximum atomic E-state index is 10.5. The van der Waals surface area contributed by atoms with Crippen molar-refractivity contribution in [3.05, 3.63) is 42.5 Å². The summed E-state index contributed by atoms with van der Waals surface area (Å²) in [5.41, 5.74) is 7.09. The van der Waals surface area contributed by atoms with Crippen molar-refractivity contribution in [1.82, 2.24) is 19.5 Å². The van der Waals surface area contributed by atoms with Gasteiger partial charge in [0.05, 0.1) is 5.69 Å². The van der Waals surface area contributed by atoms with E-state index in [-0.39, 0.29) is 5.95 Å². The summed E-state index contributed by atoms with van der Waals surface area (Å²) in [7, 11) is 0. The van der Waals surface area contributed by atoms with E-state index in [1.165, 1.54) is 6.42 Å². The highest BCUT2D eigenvalue weighted by Crippen LogP contribution is 2.27. The van der Waals surface area contributed by atoms with Gasteiger partial charge in [-0.1, -0.05) is 12.3 Å². The largest absolute Gasteiger partial charge is 0.378 e. The van der Waals surface area contributed by atoms with Crippen molar-refractivity contribution in [3.8, 4) is 17.5 Å². The number of hydrogen-bond acceptors (Lipinski definition) is 5. The van der Waals surface area contributed by atoms with E-state index in [4.69, 9.17) is 5.73 Å². The van der Waals surface area contributed by atoms with Gasteiger partial charge in [0.1, 0.15) is 16.9 Å². The summed E-state index contributed by atoms with van der Waals surface area (Å²) in [6.07, 6.45) is 10.0. The van der Waals surface area contributed by atoms with Crippen molar-refractivity contribution < 1.29 is 5.11 Å². The normalized spacial score (nSPS) is 16.4. The van der Waals surface area contributed by atoms with Crippen LogP contribution in [0.4, 0.5) is 5.95 Å². The highest BCUT2D eigenvalue weighted by atomic mass is 16.3. The quantitative estimate of drug-likeness (QED) is 0.668. The minimum Gasteiger partial charge on any atom is -0.378 e. The molecule has 3 N–H and O–H groups in total. The van der Waals surface area contributed by atoms with Crippen LogP contribution >= 0.6 is 0 Å². The number of nitrogen functional groups attached to an aromatic ring is 1. The molecule has 0 aromatic carbocycles. The second-order valence-electron chi connectivity index (χ2n) is 6.43. The van der Waals surface area contributed by atoms with Crippen molar-refractivity contribution in [2.75, 3.05) is 5.73 Å². The van der Waals surface area contributed by atoms with Crippen LogP contribution in [0.1, 0.15) is 37.8 Å². The molecule has 0 saturated heterocycles. The molecule has 3 aromatic heterocycles. The molecule has 0 amide bonds. The Bertz CT molecular complexity index is 976. The first-order valence-corrected chi connectivity index (χ1v) is 8.45. The summed E-state index contributed by atoms with van der Waals surface area (Å²) in [5, 5.41) is 11.4. The number of aromatic nitrogens is 4. The zero-order chi connectivity index (χ0) is 17.3. The van der Waals surface area contributed by atoms with E-state index < -0.39 is 5.60 Å². The molecule has 6 heteroatoms. The minimum atomic E-state index is -0.877. The van der Waals surface area contributed by atoms with Crippen LogP contribution in [0.15, 0.2) is 36.8 Å². The molecule has 126 valence electrons. The lowest BCUT2D eigenvalue weighted by Crippen LogP contribution is -2.29. The highest BCUT2D eigenvalue weighted by Gasteiger charge is 2.26. The fraction of sp³-hybridized carbons (Fsp3) is 0.316. The van der Waals surface area contributed by atoms with Crippen molar-refractivity contribution in [2.24, 2.45) is 0 Å². The van der Waals surface area contributed by atoms with Crippen LogP contribution in [0.25, 0.3) is 16.7 Å². The Morgan fingerprint density at radius 1 is 1.16 bits per heavy atom. The van der Waals surface area contributed by atoms with Gasteiger partial charge in [-0.15, -0.1) is 0 Å². The van der Waals surface area contributed by atoms with Gasteiger partial charge in [-0.25, -0.2) is 9.97 Å². The van der Waals surface area contributed by atoms with Gasteiger partial charge in [0.15, 0.2) is 0 Å². The molecular weight excluding hydrogens is 314 g/mol. The molecule has 6 nitrogen and oxygen atoms in total. The number of aliphatic hydroxyl groups is 1. The highest BCUT2D eigenvalue weighted by molar-refractivity contribution is 5.78. The molecule has 3 heterocycles. The average Bonchev–Trinajstić information content (AvgIpc) is 3.04. The summed E-state index contributed by atoms with van der Waals surface area (Å²) < 4.78 is 1.93. The number of rotatable bonds is 1. The maximum absolute atomic E-state index is 10.5. The topological polar surface area (TPSA) is 89.8 Å². The second-order valence-corrected chi connectivity index (χ2v) is 6.43. The number of nitrogens with two attached hydrogens (primary N) is 1. The molecule has 0 spiro atoms. The first kappa shape index (κ1) is 15.6. The van der Waals surface area contributed by atoms with Crippen LogP contribution in [0.5, 0.6) is 0 Å². The summed E-state index contributed by atoms with van der Waals surface area (Å²) in [6, 6.07) is 5.71. The summed E-state index contributed by atoms with van der Waals surface area (Å²) in [4.78, 5) is 12.6. The van der Waals surface area contributed by atoms with E-state index in [0.29, 0.717) is 5.69 Å². The number of anilines is 1. The van der Waals surface area contributed by atoms with Crippen molar-refractivity contribution in [3.63, 3.8) is 0 Å². The van der Waals surface area contributed by atoms with Gasteiger partial charge in [-0.3, -0.25) is 0 Å². The lowest BCUT2D eigenvalue weighted by molar-refractivity contribution is 0.0610. The van der Waals surface area contributed by atoms with Crippen LogP contribution in [-0.4, -0.2) is 30.2 Å². The van der Waals surface area contributed by atoms with Crippen LogP contribution in [0.3, 0.4) is 0 Å². The van der Waals surface area contributed by atoms with E-state index in [2.05, 4.69) is 26.8 Å². The standard InChI is InChI=1S/C19H19N5O/c20-18-22-13-14-6-11-24(17(14)23-18)16-5-10-21-15(12-16)4-9-19(25)7-2-1-3-8-19/h5-6,10-13,25H,1-3,7-8H2,(H2,20,22,23). The Kier molecular flexibility index (Phi) is 3.86. The Morgan fingerprint density at radius 3 is 2.84 bits per heavy atom. The Hall–Kier alpha value is -2.91. The molecule has 3 aromatic rings. The van der Waals surface area contributed by atoms with Crippen LogP contribution in [0.2, 0.25) is 0 Å². The Morgan fingerprint density at radius 2 is 2.00 bits per heavy atom. The van der Waals surface area contributed by atoms with Gasteiger partial charge < -0.3 is 15.4 Å². The molecule has 1 fully saturated rings. The molecule has 0 radical (unpaired) electrons. The fourth-order valence-electron chi connectivity index (χ4n) is 3.22. The molecule has 0 bridgehead atoms. The minimum absolute atomic E-state index is 0.237. The molecule has 1 aliphatic carbocycles. The molecule has 4 rings (SSSR count). The number of fused-ring (bicyclic) bond motifs is 1. The first-order valence-electron chi connectivity index (χ1n) is 8.45. The van der Waals surface area contributed by atoms with E-state index in [9.17, 15) is 5.11 Å². The van der Waals surface area contributed by atoms with Gasteiger partial charge in [-0.05, 0) is 49.8 Å². The summed E-state index contributed by atoms with van der Waals surface area (Å²) >= 11 is 0. The van der Waals surface area contributed by atoms with Crippen molar-refractivity contribution >= 4 is 17.0 Å². The third kappa shape index (κ3) is 3.19. The Labute approximate surface area is 145 Å². The average molecular weight is 333 g/mol. The summed E-state index contributed by atoms with van der Waals surface area (Å²) in [5.74, 6) is 6.29. The fourth-order valence-corrected chi connectivity index (χ4v) is 3.22. The van der Waals surface area contributed by atoms with Crippen molar-refractivity contribution in [2.45, 2.75) is 37.7 Å². The Balaban J connectivity index is 1.69. The van der Waals surface area contributed by atoms with Crippen LogP contribution < -0.4 is 5.73 Å². The lowest BCUT2D eigenvalue weighted by atomic mass is 9.85. The zero-order valence-corrected chi connectivity index (χ0v) is 13.8. The monoisotopic (exact) mass is 333 g/mol. The molecule has 1 aliphatic rings. The maximum Gasteiger partial charge on any atom is 0.221 e. The second kappa shape index (κ2) is 6.19. The smallest absolute Gasteiger partial charge is 0.221 e. The SMILES string of the molecule is Nc1ncc2ccn(-c3ccnc(C#CC4(O)CCCCC4)c3)c2n1. The van der Waals surface area contributed by atoms with Gasteiger partial charge in [0, 0.05) is 24.0 Å². The third-order valence-electron chi connectivity index (χ3n) is 4.57. The molecule has 1 saturated carbocycles. The van der Waals surface area contributed by atoms with Gasteiger partial charge in [0.2, 0.25) is 5.95 Å². The van der Waals surface area contributed by atoms with Gasteiger partial charge >= 0.3 is 0 Å². The number of hydrogen-bond donors (Lipinski definition) is 2. The number of pyridine rings is 1. The predicted molar refractivity (Wildman–Crippen MR) is 96.0 cm³/mol. The summed E-state index contributed by atoms with van der Waals surface area (Å²) in [6.45, 7) is 0. The van der Waals surface area contributed by atoms with Crippen molar-refractivity contribution in [1.29, 1.82) is 0 Å². The third-order valence-corrected chi connectivity index (χ3v) is 4.57. The van der Waals surface area contributed by atoms with E-state index in [0.717, 1.165) is 42.4 Å². The number of nitrogens with zero attached hydrogens (tertiary/aromatic N) is 4. The van der Waals surface area contributed by atoms with E-state index >= 15 is 0 Å². The van der Waals surface area contributed by atoms with Crippen LogP contribution in [0, 0.1) is 11.8 Å². The predicted octanol–water partition coefficient (Wildman–Crippen LogP) is 2.44. The molecule has 0 atom stereocenters. The first-order chi connectivity index (χ1) is 12.1. The van der Waals surface area contributed by atoms with E-state index in [1.54, 1.807) is 12.4 Å². The van der Waals surface area contributed by atoms with Crippen LogP contribution in [-0.2, 0) is 0 Å². The molecule has 25 heavy (non-hydrogen) atoms. The zero-order valence-electron chi connectivity index (χ0n) is 13.8. The molecule has 0 aliphatic heterocycles. The van der Waals surface area contributed by atoms with Gasteiger partial charge in [-0.2, -0.15) is 4.98 Å². The molecular formula is C19H19N5O.